The van der Waals surface area contributed by atoms with Crippen molar-refractivity contribution in [1.29, 1.82) is 0 Å². The van der Waals surface area contributed by atoms with Crippen LogP contribution in [0.4, 0.5) is 5.69 Å². The Morgan fingerprint density at radius 2 is 2.06 bits per heavy atom. The molecule has 0 amide bonds. The monoisotopic (exact) mass is 264 g/mol. The van der Waals surface area contributed by atoms with E-state index in [0.29, 0.717) is 22.0 Å². The fourth-order valence-electron chi connectivity index (χ4n) is 1.57. The van der Waals surface area contributed by atoms with Gasteiger partial charge in [0.1, 0.15) is 11.4 Å². The fourth-order valence-corrected chi connectivity index (χ4v) is 2.30. The van der Waals surface area contributed by atoms with E-state index in [9.17, 15) is 4.79 Å². The van der Waals surface area contributed by atoms with E-state index in [1.54, 1.807) is 7.11 Å². The zero-order valence-corrected chi connectivity index (χ0v) is 10.8. The topological polar surface area (TPSA) is 74.4 Å². The number of para-hydroxylation sites is 1. The number of methoxy groups -OCH3 is 2. The van der Waals surface area contributed by atoms with Crippen molar-refractivity contribution in [1.82, 2.24) is 4.37 Å². The van der Waals surface area contributed by atoms with Crippen molar-refractivity contribution in [2.24, 2.45) is 0 Å². The number of nitrogens with zero attached hydrogens (tertiary/aromatic N) is 1. The van der Waals surface area contributed by atoms with E-state index < -0.39 is 5.97 Å². The molecule has 0 fully saturated rings. The summed E-state index contributed by atoms with van der Waals surface area (Å²) < 4.78 is 14.1. The largest absolute Gasteiger partial charge is 0.496 e. The number of esters is 1. The summed E-state index contributed by atoms with van der Waals surface area (Å²) in [4.78, 5) is 11.8. The minimum Gasteiger partial charge on any atom is -0.496 e. The molecule has 2 aromatic rings. The maximum Gasteiger partial charge on any atom is 0.351 e. The van der Waals surface area contributed by atoms with Crippen molar-refractivity contribution in [2.75, 3.05) is 20.0 Å². The van der Waals surface area contributed by atoms with Crippen molar-refractivity contribution in [3.63, 3.8) is 0 Å². The zero-order chi connectivity index (χ0) is 13.1. The molecule has 18 heavy (non-hydrogen) atoms. The van der Waals surface area contributed by atoms with Gasteiger partial charge in [0.05, 0.1) is 19.9 Å². The van der Waals surface area contributed by atoms with E-state index in [2.05, 4.69) is 9.11 Å². The molecule has 0 atom stereocenters. The average molecular weight is 264 g/mol. The predicted molar refractivity (Wildman–Crippen MR) is 69.9 cm³/mol. The molecule has 0 spiro atoms. The highest BCUT2D eigenvalue weighted by Gasteiger charge is 2.20. The van der Waals surface area contributed by atoms with E-state index in [4.69, 9.17) is 10.5 Å². The molecular formula is C12H12N2O3S. The maximum absolute atomic E-state index is 11.5. The van der Waals surface area contributed by atoms with Crippen molar-refractivity contribution in [2.45, 2.75) is 0 Å². The molecule has 1 aromatic heterocycles. The fraction of sp³-hybridized carbons (Fsp3) is 0.167. The highest BCUT2D eigenvalue weighted by Crippen LogP contribution is 2.36. The SMILES string of the molecule is COC(=O)c1snc(-c2ccccc2OC)c1N. The highest BCUT2D eigenvalue weighted by molar-refractivity contribution is 7.09. The molecule has 5 nitrogen and oxygen atoms in total. The normalized spacial score (nSPS) is 10.1. The summed E-state index contributed by atoms with van der Waals surface area (Å²) in [5.41, 5.74) is 7.54. The van der Waals surface area contributed by atoms with Crippen LogP contribution in [0.15, 0.2) is 24.3 Å². The summed E-state index contributed by atoms with van der Waals surface area (Å²) in [6.07, 6.45) is 0. The first-order valence-electron chi connectivity index (χ1n) is 5.16. The van der Waals surface area contributed by atoms with Gasteiger partial charge in [-0.1, -0.05) is 12.1 Å². The van der Waals surface area contributed by atoms with Gasteiger partial charge in [0.2, 0.25) is 0 Å². The summed E-state index contributed by atoms with van der Waals surface area (Å²) in [5.74, 6) is 0.178. The molecule has 2 rings (SSSR count). The Bertz CT molecular complexity index is 580. The summed E-state index contributed by atoms with van der Waals surface area (Å²) in [7, 11) is 2.88. The smallest absolute Gasteiger partial charge is 0.351 e. The number of anilines is 1. The lowest BCUT2D eigenvalue weighted by Gasteiger charge is -2.06. The number of carbonyl (C=O) groups excluding carboxylic acids is 1. The van der Waals surface area contributed by atoms with Crippen LogP contribution in [0, 0.1) is 0 Å². The molecule has 0 unspecified atom stereocenters. The van der Waals surface area contributed by atoms with Gasteiger partial charge in [-0.2, -0.15) is 4.37 Å². The summed E-state index contributed by atoms with van der Waals surface area (Å²) >= 11 is 1.02. The second-order valence-electron chi connectivity index (χ2n) is 3.47. The van der Waals surface area contributed by atoms with Crippen LogP contribution >= 0.6 is 11.5 Å². The van der Waals surface area contributed by atoms with Gasteiger partial charge >= 0.3 is 5.97 Å². The lowest BCUT2D eigenvalue weighted by Crippen LogP contribution is -2.02. The molecule has 0 aliphatic rings. The number of nitrogens with two attached hydrogens (primary N) is 1. The molecule has 1 heterocycles. The number of hydrogen-bond donors (Lipinski definition) is 1. The van der Waals surface area contributed by atoms with Crippen LogP contribution in [-0.4, -0.2) is 24.6 Å². The number of ether oxygens (including phenoxy) is 2. The number of rotatable bonds is 3. The van der Waals surface area contributed by atoms with E-state index in [0.717, 1.165) is 17.1 Å². The molecule has 2 N–H and O–H groups in total. The van der Waals surface area contributed by atoms with Crippen LogP contribution < -0.4 is 10.5 Å². The van der Waals surface area contributed by atoms with Gasteiger partial charge in [-0.05, 0) is 23.7 Å². The Balaban J connectivity index is 2.52. The van der Waals surface area contributed by atoms with Gasteiger partial charge in [-0.15, -0.1) is 0 Å². The lowest BCUT2D eigenvalue weighted by atomic mass is 10.1. The minimum atomic E-state index is -0.480. The molecule has 0 saturated heterocycles. The minimum absolute atomic E-state index is 0.304. The molecule has 0 bridgehead atoms. The van der Waals surface area contributed by atoms with Gasteiger partial charge in [0, 0.05) is 5.56 Å². The first kappa shape index (κ1) is 12.4. The van der Waals surface area contributed by atoms with Crippen LogP contribution in [-0.2, 0) is 4.74 Å². The Morgan fingerprint density at radius 3 is 2.72 bits per heavy atom. The molecule has 0 saturated carbocycles. The summed E-state index contributed by atoms with van der Waals surface area (Å²) in [5, 5.41) is 0. The van der Waals surface area contributed by atoms with Crippen LogP contribution in [0.5, 0.6) is 5.75 Å². The molecule has 0 aliphatic carbocycles. The van der Waals surface area contributed by atoms with E-state index in [-0.39, 0.29) is 0 Å². The predicted octanol–water partition coefficient (Wildman–Crippen LogP) is 2.19. The molecule has 0 radical (unpaired) electrons. The summed E-state index contributed by atoms with van der Waals surface area (Å²) in [6, 6.07) is 7.36. The number of benzene rings is 1. The van der Waals surface area contributed by atoms with E-state index >= 15 is 0 Å². The van der Waals surface area contributed by atoms with Crippen molar-refractivity contribution >= 4 is 23.2 Å². The molecule has 94 valence electrons. The Morgan fingerprint density at radius 1 is 1.33 bits per heavy atom. The highest BCUT2D eigenvalue weighted by atomic mass is 32.1. The first-order valence-corrected chi connectivity index (χ1v) is 5.93. The Labute approximate surface area is 108 Å². The second-order valence-corrected chi connectivity index (χ2v) is 4.24. The van der Waals surface area contributed by atoms with Crippen molar-refractivity contribution < 1.29 is 14.3 Å². The van der Waals surface area contributed by atoms with Crippen LogP contribution in [0.2, 0.25) is 0 Å². The molecule has 6 heteroatoms. The quantitative estimate of drug-likeness (QED) is 0.860. The first-order chi connectivity index (χ1) is 8.69. The van der Waals surface area contributed by atoms with Gasteiger partial charge in [0.25, 0.3) is 0 Å². The third-order valence-corrected chi connectivity index (χ3v) is 3.30. The van der Waals surface area contributed by atoms with Crippen LogP contribution in [0.1, 0.15) is 9.67 Å². The average Bonchev–Trinajstić information content (AvgIpc) is 2.79. The maximum atomic E-state index is 11.5. The summed E-state index contributed by atoms with van der Waals surface area (Å²) in [6.45, 7) is 0. The molecule has 0 aliphatic heterocycles. The van der Waals surface area contributed by atoms with E-state index in [1.165, 1.54) is 7.11 Å². The number of aromatic nitrogens is 1. The second kappa shape index (κ2) is 5.05. The van der Waals surface area contributed by atoms with E-state index in [1.807, 2.05) is 24.3 Å². The van der Waals surface area contributed by atoms with Gasteiger partial charge in [-0.3, -0.25) is 0 Å². The van der Waals surface area contributed by atoms with Gasteiger partial charge < -0.3 is 15.2 Å². The Kier molecular flexibility index (Phi) is 3.47. The lowest BCUT2D eigenvalue weighted by molar-refractivity contribution is 0.0607. The van der Waals surface area contributed by atoms with Crippen LogP contribution in [0.3, 0.4) is 0 Å². The molecular weight excluding hydrogens is 252 g/mol. The van der Waals surface area contributed by atoms with Crippen molar-refractivity contribution in [3.05, 3.63) is 29.1 Å². The standard InChI is InChI=1S/C12H12N2O3S/c1-16-8-6-4-3-5-7(8)10-9(13)11(18-14-10)12(15)17-2/h3-6H,13H2,1-2H3. The zero-order valence-electron chi connectivity index (χ0n) is 9.97. The number of nitrogen functional groups attached to an aromatic ring is 1. The van der Waals surface area contributed by atoms with Gasteiger partial charge in [0.15, 0.2) is 4.88 Å². The molecule has 1 aromatic carbocycles. The van der Waals surface area contributed by atoms with Gasteiger partial charge in [-0.25, -0.2) is 4.79 Å². The third kappa shape index (κ3) is 2.02. The van der Waals surface area contributed by atoms with Crippen LogP contribution in [0.25, 0.3) is 11.3 Å². The van der Waals surface area contributed by atoms with Crippen molar-refractivity contribution in [3.8, 4) is 17.0 Å². The Hall–Kier alpha value is -2.08. The number of hydrogen-bond acceptors (Lipinski definition) is 6. The number of carbonyl (C=O) groups is 1. The third-order valence-electron chi connectivity index (χ3n) is 2.46.